The number of nitrogens with one attached hydrogen (secondary N) is 1. The third kappa shape index (κ3) is 6.14. The maximum absolute atomic E-state index is 11.9. The molecule has 0 atom stereocenters. The largest absolute Gasteiger partial charge is 0.455 e. The Morgan fingerprint density at radius 2 is 2.04 bits per heavy atom. The van der Waals surface area contributed by atoms with E-state index in [1.165, 1.54) is 18.0 Å². The number of halogens is 3. The first-order valence-electron chi connectivity index (χ1n) is 8.20. The molecule has 3 rings (SSSR count). The first-order chi connectivity index (χ1) is 13.5. The lowest BCUT2D eigenvalue weighted by Gasteiger charge is -2.02. The van der Waals surface area contributed by atoms with Crippen LogP contribution < -0.4 is 5.43 Å². The molecule has 1 heterocycles. The van der Waals surface area contributed by atoms with E-state index in [2.05, 4.69) is 26.5 Å². The first-order valence-corrected chi connectivity index (χ1v) is 10.9. The van der Waals surface area contributed by atoms with Crippen molar-refractivity contribution in [3.8, 4) is 11.3 Å². The Morgan fingerprint density at radius 3 is 2.82 bits per heavy atom. The molecule has 2 aromatic carbocycles. The van der Waals surface area contributed by atoms with Gasteiger partial charge in [0.05, 0.1) is 17.0 Å². The summed E-state index contributed by atoms with van der Waals surface area (Å²) in [6.07, 6.45) is 1.45. The molecule has 0 aliphatic rings. The number of hydrazone groups is 1. The van der Waals surface area contributed by atoms with Gasteiger partial charge in [-0.2, -0.15) is 5.10 Å². The summed E-state index contributed by atoms with van der Waals surface area (Å²) in [5.74, 6) is 1.99. The second-order valence-corrected chi connectivity index (χ2v) is 8.49. The quantitative estimate of drug-likeness (QED) is 0.303. The number of hydrogen-bond donors (Lipinski definition) is 1. The topological polar surface area (TPSA) is 54.6 Å². The van der Waals surface area contributed by atoms with Gasteiger partial charge < -0.3 is 4.42 Å². The van der Waals surface area contributed by atoms with Crippen molar-refractivity contribution in [1.82, 2.24) is 5.43 Å². The Morgan fingerprint density at radius 1 is 1.18 bits per heavy atom. The minimum Gasteiger partial charge on any atom is -0.455 e. The van der Waals surface area contributed by atoms with Crippen molar-refractivity contribution >= 4 is 63.0 Å². The summed E-state index contributed by atoms with van der Waals surface area (Å²) in [5.41, 5.74) is 4.38. The highest BCUT2D eigenvalue weighted by molar-refractivity contribution is 9.10. The average molecular weight is 498 g/mol. The van der Waals surface area contributed by atoms with Crippen LogP contribution in [-0.2, 0) is 10.5 Å². The van der Waals surface area contributed by atoms with Gasteiger partial charge in [-0.3, -0.25) is 4.79 Å². The van der Waals surface area contributed by atoms with Crippen LogP contribution in [0.5, 0.6) is 0 Å². The standard InChI is InChI=1S/C20H15BrCl2N2O2S/c21-14-3-1-2-13(8-14)11-28-12-20(26)25-24-10-16-5-7-19(27-16)17-6-4-15(22)9-18(17)23/h1-10H,11-12H2,(H,25,26)/b24-10-. The molecular weight excluding hydrogens is 483 g/mol. The summed E-state index contributed by atoms with van der Waals surface area (Å²) in [6.45, 7) is 0. The van der Waals surface area contributed by atoms with E-state index in [9.17, 15) is 4.79 Å². The summed E-state index contributed by atoms with van der Waals surface area (Å²) < 4.78 is 6.71. The number of rotatable bonds is 7. The van der Waals surface area contributed by atoms with Crippen molar-refractivity contribution in [2.45, 2.75) is 5.75 Å². The molecule has 0 spiro atoms. The van der Waals surface area contributed by atoms with E-state index in [4.69, 9.17) is 27.6 Å². The molecule has 1 aromatic heterocycles. The van der Waals surface area contributed by atoms with Crippen molar-refractivity contribution < 1.29 is 9.21 Å². The van der Waals surface area contributed by atoms with E-state index in [0.717, 1.165) is 21.4 Å². The zero-order valence-electron chi connectivity index (χ0n) is 14.5. The van der Waals surface area contributed by atoms with Crippen LogP contribution >= 0.6 is 50.9 Å². The SMILES string of the molecule is O=C(CSCc1cccc(Br)c1)N/N=C\c1ccc(-c2ccc(Cl)cc2Cl)o1. The molecule has 0 aliphatic heterocycles. The normalized spacial score (nSPS) is 11.1. The van der Waals surface area contributed by atoms with E-state index < -0.39 is 0 Å². The molecular formula is C20H15BrCl2N2O2S. The fourth-order valence-corrected chi connectivity index (χ4v) is 4.06. The summed E-state index contributed by atoms with van der Waals surface area (Å²) in [7, 11) is 0. The lowest BCUT2D eigenvalue weighted by molar-refractivity contribution is -0.118. The third-order valence-electron chi connectivity index (χ3n) is 3.60. The summed E-state index contributed by atoms with van der Waals surface area (Å²) >= 11 is 17.0. The van der Waals surface area contributed by atoms with Gasteiger partial charge in [-0.05, 0) is 48.0 Å². The van der Waals surface area contributed by atoms with Crippen LogP contribution in [0.15, 0.2) is 68.6 Å². The number of hydrogen-bond acceptors (Lipinski definition) is 4. The fourth-order valence-electron chi connectivity index (χ4n) is 2.34. The molecule has 1 amide bonds. The number of benzene rings is 2. The second kappa shape index (κ2) is 10.2. The molecule has 28 heavy (non-hydrogen) atoms. The molecule has 4 nitrogen and oxygen atoms in total. The highest BCUT2D eigenvalue weighted by Crippen LogP contribution is 2.31. The van der Waals surface area contributed by atoms with Crippen LogP contribution in [0, 0.1) is 0 Å². The van der Waals surface area contributed by atoms with Crippen LogP contribution in [0.2, 0.25) is 10.0 Å². The number of amides is 1. The molecule has 0 fully saturated rings. The van der Waals surface area contributed by atoms with Gasteiger partial charge in [0, 0.05) is 20.8 Å². The first kappa shape index (κ1) is 21.0. The van der Waals surface area contributed by atoms with Gasteiger partial charge in [0.25, 0.3) is 0 Å². The predicted octanol–water partition coefficient (Wildman–Crippen LogP) is 6.40. The van der Waals surface area contributed by atoms with Gasteiger partial charge in [0.15, 0.2) is 0 Å². The number of carbonyl (C=O) groups is 1. The highest BCUT2D eigenvalue weighted by Gasteiger charge is 2.08. The highest BCUT2D eigenvalue weighted by atomic mass is 79.9. The molecule has 0 bridgehead atoms. The van der Waals surface area contributed by atoms with Gasteiger partial charge >= 0.3 is 0 Å². The van der Waals surface area contributed by atoms with Gasteiger partial charge in [0.2, 0.25) is 5.91 Å². The van der Waals surface area contributed by atoms with Crippen molar-refractivity contribution in [2.75, 3.05) is 5.75 Å². The number of furan rings is 1. The fraction of sp³-hybridized carbons (Fsp3) is 0.100. The molecule has 0 unspecified atom stereocenters. The lowest BCUT2D eigenvalue weighted by Crippen LogP contribution is -2.19. The van der Waals surface area contributed by atoms with Gasteiger partial charge in [-0.15, -0.1) is 11.8 Å². The van der Waals surface area contributed by atoms with Gasteiger partial charge in [-0.1, -0.05) is 51.3 Å². The van der Waals surface area contributed by atoms with Crippen LogP contribution in [0.25, 0.3) is 11.3 Å². The van der Waals surface area contributed by atoms with Gasteiger partial charge in [-0.25, -0.2) is 5.43 Å². The smallest absolute Gasteiger partial charge is 0.250 e. The molecule has 0 aliphatic carbocycles. The molecule has 0 saturated carbocycles. The Bertz CT molecular complexity index is 1010. The molecule has 3 aromatic rings. The molecule has 0 saturated heterocycles. The minimum absolute atomic E-state index is 0.177. The molecule has 144 valence electrons. The maximum Gasteiger partial charge on any atom is 0.250 e. The monoisotopic (exact) mass is 496 g/mol. The van der Waals surface area contributed by atoms with Crippen molar-refractivity contribution in [3.63, 3.8) is 0 Å². The molecule has 0 radical (unpaired) electrons. The number of nitrogens with zero attached hydrogens (tertiary/aromatic N) is 1. The minimum atomic E-state index is -0.177. The van der Waals surface area contributed by atoms with E-state index in [1.807, 2.05) is 24.3 Å². The number of thioether (sulfide) groups is 1. The Hall–Kier alpha value is -1.73. The van der Waals surface area contributed by atoms with Crippen LogP contribution in [-0.4, -0.2) is 17.9 Å². The molecule has 8 heteroatoms. The predicted molar refractivity (Wildman–Crippen MR) is 120 cm³/mol. The van der Waals surface area contributed by atoms with Crippen LogP contribution in [0.1, 0.15) is 11.3 Å². The number of carbonyl (C=O) groups excluding carboxylic acids is 1. The summed E-state index contributed by atoms with van der Waals surface area (Å²) in [4.78, 5) is 11.9. The second-order valence-electron chi connectivity index (χ2n) is 5.74. The zero-order valence-corrected chi connectivity index (χ0v) is 18.4. The summed E-state index contributed by atoms with van der Waals surface area (Å²) in [6, 6.07) is 16.7. The Kier molecular flexibility index (Phi) is 7.62. The average Bonchev–Trinajstić information content (AvgIpc) is 3.10. The lowest BCUT2D eigenvalue weighted by atomic mass is 10.2. The third-order valence-corrected chi connectivity index (χ3v) is 5.64. The van der Waals surface area contributed by atoms with E-state index in [0.29, 0.717) is 27.3 Å². The Labute approximate surface area is 185 Å². The Balaban J connectivity index is 1.48. The van der Waals surface area contributed by atoms with E-state index >= 15 is 0 Å². The summed E-state index contributed by atoms with van der Waals surface area (Å²) in [5, 5.41) is 4.99. The van der Waals surface area contributed by atoms with Gasteiger partial charge in [0.1, 0.15) is 11.5 Å². The van der Waals surface area contributed by atoms with Crippen LogP contribution in [0.4, 0.5) is 0 Å². The zero-order chi connectivity index (χ0) is 19.9. The van der Waals surface area contributed by atoms with Crippen molar-refractivity contribution in [3.05, 3.63) is 80.4 Å². The van der Waals surface area contributed by atoms with Crippen LogP contribution in [0.3, 0.4) is 0 Å². The van der Waals surface area contributed by atoms with E-state index in [-0.39, 0.29) is 5.91 Å². The molecule has 1 N–H and O–H groups in total. The van der Waals surface area contributed by atoms with Crippen molar-refractivity contribution in [2.24, 2.45) is 5.10 Å². The van der Waals surface area contributed by atoms with Crippen molar-refractivity contribution in [1.29, 1.82) is 0 Å². The maximum atomic E-state index is 11.9. The van der Waals surface area contributed by atoms with E-state index in [1.54, 1.807) is 30.3 Å².